The molecule has 0 bridgehead atoms. The normalized spacial score (nSPS) is 11.2. The van der Waals surface area contributed by atoms with Crippen LogP contribution in [-0.4, -0.2) is 38.1 Å². The second-order valence-corrected chi connectivity index (χ2v) is 7.10. The Labute approximate surface area is 133 Å². The summed E-state index contributed by atoms with van der Waals surface area (Å²) < 4.78 is 26.5. The van der Waals surface area contributed by atoms with Crippen LogP contribution in [0.2, 0.25) is 0 Å². The van der Waals surface area contributed by atoms with Gasteiger partial charge in [0.15, 0.2) is 0 Å². The average molecular weight is 326 g/mol. The zero-order valence-electron chi connectivity index (χ0n) is 13.6. The summed E-state index contributed by atoms with van der Waals surface area (Å²) in [5.74, 6) is -0.0816. The molecule has 1 aromatic rings. The second-order valence-electron chi connectivity index (χ2n) is 5.26. The summed E-state index contributed by atoms with van der Waals surface area (Å²) >= 11 is 0. The van der Waals surface area contributed by atoms with E-state index in [1.54, 1.807) is 36.1 Å². The molecule has 0 fully saturated rings. The molecule has 22 heavy (non-hydrogen) atoms. The highest BCUT2D eigenvalue weighted by atomic mass is 32.2. The number of carbonyl (C=O) groups is 1. The highest BCUT2D eigenvalue weighted by molar-refractivity contribution is 7.92. The molecule has 0 aliphatic carbocycles. The monoisotopic (exact) mass is 326 g/mol. The molecule has 1 amide bonds. The Morgan fingerprint density at radius 1 is 1.05 bits per heavy atom. The SMILES string of the molecule is CCCN(CCC)C(=O)c1ccccc1NS(=O)(=O)CCC. The number of para-hydroxylation sites is 1. The largest absolute Gasteiger partial charge is 0.339 e. The van der Waals surface area contributed by atoms with Gasteiger partial charge in [0.2, 0.25) is 10.0 Å². The van der Waals surface area contributed by atoms with E-state index in [0.717, 1.165) is 12.8 Å². The number of hydrogen-bond acceptors (Lipinski definition) is 3. The number of carbonyl (C=O) groups excluding carboxylic acids is 1. The molecule has 0 heterocycles. The van der Waals surface area contributed by atoms with Crippen molar-refractivity contribution in [3.8, 4) is 0 Å². The molecule has 0 saturated heterocycles. The predicted octanol–water partition coefficient (Wildman–Crippen LogP) is 3.10. The molecule has 124 valence electrons. The maximum Gasteiger partial charge on any atom is 0.255 e. The van der Waals surface area contributed by atoms with Gasteiger partial charge in [-0.05, 0) is 31.4 Å². The molecule has 6 heteroatoms. The van der Waals surface area contributed by atoms with Gasteiger partial charge in [0.1, 0.15) is 0 Å². The van der Waals surface area contributed by atoms with Crippen LogP contribution in [0.15, 0.2) is 24.3 Å². The van der Waals surface area contributed by atoms with Crippen LogP contribution < -0.4 is 4.72 Å². The Balaban J connectivity index is 3.06. The smallest absolute Gasteiger partial charge is 0.255 e. The molecule has 5 nitrogen and oxygen atoms in total. The molecule has 0 spiro atoms. The van der Waals surface area contributed by atoms with Gasteiger partial charge < -0.3 is 4.90 Å². The minimum atomic E-state index is -3.41. The van der Waals surface area contributed by atoms with E-state index >= 15 is 0 Å². The molecule has 0 aromatic heterocycles. The Morgan fingerprint density at radius 2 is 1.64 bits per heavy atom. The van der Waals surface area contributed by atoms with Crippen LogP contribution in [0.1, 0.15) is 50.4 Å². The standard InChI is InChI=1S/C16H26N2O3S/c1-4-11-18(12-5-2)16(19)14-9-7-8-10-15(14)17-22(20,21)13-6-3/h7-10,17H,4-6,11-13H2,1-3H3. The summed E-state index contributed by atoms with van der Waals surface area (Å²) in [6.07, 6.45) is 2.27. The highest BCUT2D eigenvalue weighted by Crippen LogP contribution is 2.19. The number of amides is 1. The molecule has 0 saturated carbocycles. The summed E-state index contributed by atoms with van der Waals surface area (Å²) in [6, 6.07) is 6.78. The third kappa shape index (κ3) is 5.33. The Hall–Kier alpha value is -1.56. The first-order valence-corrected chi connectivity index (χ1v) is 9.49. The topological polar surface area (TPSA) is 66.5 Å². The maximum absolute atomic E-state index is 12.7. The van der Waals surface area contributed by atoms with Crippen molar-refractivity contribution in [1.29, 1.82) is 0 Å². The van der Waals surface area contributed by atoms with Crippen molar-refractivity contribution in [3.63, 3.8) is 0 Å². The first-order valence-electron chi connectivity index (χ1n) is 7.83. The van der Waals surface area contributed by atoms with Crippen molar-refractivity contribution >= 4 is 21.6 Å². The lowest BCUT2D eigenvalue weighted by molar-refractivity contribution is 0.0756. The van der Waals surface area contributed by atoms with E-state index in [2.05, 4.69) is 4.72 Å². The first kappa shape index (κ1) is 18.5. The van der Waals surface area contributed by atoms with Crippen LogP contribution in [0.3, 0.4) is 0 Å². The minimum Gasteiger partial charge on any atom is -0.339 e. The van der Waals surface area contributed by atoms with Crippen molar-refractivity contribution in [1.82, 2.24) is 4.90 Å². The summed E-state index contributed by atoms with van der Waals surface area (Å²) in [5.41, 5.74) is 0.766. The van der Waals surface area contributed by atoms with Gasteiger partial charge in [0, 0.05) is 13.1 Å². The molecular formula is C16H26N2O3S. The lowest BCUT2D eigenvalue weighted by Gasteiger charge is -2.23. The van der Waals surface area contributed by atoms with E-state index in [0.29, 0.717) is 30.8 Å². The van der Waals surface area contributed by atoms with Gasteiger partial charge in [-0.25, -0.2) is 8.42 Å². The van der Waals surface area contributed by atoms with Crippen molar-refractivity contribution in [2.45, 2.75) is 40.0 Å². The van der Waals surface area contributed by atoms with Crippen LogP contribution in [0.25, 0.3) is 0 Å². The first-order chi connectivity index (χ1) is 10.4. The Morgan fingerprint density at radius 3 is 2.18 bits per heavy atom. The van der Waals surface area contributed by atoms with Crippen LogP contribution >= 0.6 is 0 Å². The van der Waals surface area contributed by atoms with Crippen LogP contribution in [-0.2, 0) is 10.0 Å². The summed E-state index contributed by atoms with van der Waals surface area (Å²) in [5, 5.41) is 0. The second kappa shape index (κ2) is 8.78. The lowest BCUT2D eigenvalue weighted by atomic mass is 10.1. The number of anilines is 1. The fraction of sp³-hybridized carbons (Fsp3) is 0.562. The zero-order chi connectivity index (χ0) is 16.6. The number of sulfonamides is 1. The van der Waals surface area contributed by atoms with Gasteiger partial charge in [-0.1, -0.05) is 32.9 Å². The van der Waals surface area contributed by atoms with E-state index in [4.69, 9.17) is 0 Å². The van der Waals surface area contributed by atoms with Gasteiger partial charge >= 0.3 is 0 Å². The molecule has 1 rings (SSSR count). The molecule has 0 aliphatic rings. The van der Waals surface area contributed by atoms with Gasteiger partial charge in [-0.2, -0.15) is 0 Å². The molecular weight excluding hydrogens is 300 g/mol. The summed E-state index contributed by atoms with van der Waals surface area (Å²) in [6.45, 7) is 7.18. The zero-order valence-corrected chi connectivity index (χ0v) is 14.4. The number of rotatable bonds is 9. The Kier molecular flexibility index (Phi) is 7.38. The number of benzene rings is 1. The van der Waals surface area contributed by atoms with Crippen LogP contribution in [0, 0.1) is 0 Å². The maximum atomic E-state index is 12.7. The molecule has 0 atom stereocenters. The van der Waals surface area contributed by atoms with Gasteiger partial charge in [0.05, 0.1) is 17.0 Å². The van der Waals surface area contributed by atoms with Crippen LogP contribution in [0.4, 0.5) is 5.69 Å². The van der Waals surface area contributed by atoms with E-state index in [-0.39, 0.29) is 11.7 Å². The average Bonchev–Trinajstić information content (AvgIpc) is 2.46. The molecule has 1 N–H and O–H groups in total. The van der Waals surface area contributed by atoms with E-state index in [1.165, 1.54) is 0 Å². The quantitative estimate of drug-likeness (QED) is 0.758. The third-order valence-electron chi connectivity index (χ3n) is 3.17. The Bertz CT molecular complexity index is 579. The van der Waals surface area contributed by atoms with Crippen molar-refractivity contribution in [2.24, 2.45) is 0 Å². The van der Waals surface area contributed by atoms with E-state index in [9.17, 15) is 13.2 Å². The molecule has 0 radical (unpaired) electrons. The fourth-order valence-corrected chi connectivity index (χ4v) is 3.42. The van der Waals surface area contributed by atoms with Gasteiger partial charge in [0.25, 0.3) is 5.91 Å². The van der Waals surface area contributed by atoms with Crippen molar-refractivity contribution in [2.75, 3.05) is 23.6 Å². The molecule has 0 aliphatic heterocycles. The van der Waals surface area contributed by atoms with Gasteiger partial charge in [-0.3, -0.25) is 9.52 Å². The van der Waals surface area contributed by atoms with E-state index in [1.807, 2.05) is 13.8 Å². The predicted molar refractivity (Wildman–Crippen MR) is 90.6 cm³/mol. The minimum absolute atomic E-state index is 0.0448. The summed E-state index contributed by atoms with van der Waals surface area (Å²) in [4.78, 5) is 14.5. The van der Waals surface area contributed by atoms with Crippen molar-refractivity contribution in [3.05, 3.63) is 29.8 Å². The third-order valence-corrected chi connectivity index (χ3v) is 4.65. The van der Waals surface area contributed by atoms with Gasteiger partial charge in [-0.15, -0.1) is 0 Å². The lowest BCUT2D eigenvalue weighted by Crippen LogP contribution is -2.33. The fourth-order valence-electron chi connectivity index (χ4n) is 2.27. The van der Waals surface area contributed by atoms with E-state index < -0.39 is 10.0 Å². The molecule has 1 aromatic carbocycles. The highest BCUT2D eigenvalue weighted by Gasteiger charge is 2.19. The van der Waals surface area contributed by atoms with Crippen molar-refractivity contribution < 1.29 is 13.2 Å². The molecule has 0 unspecified atom stereocenters. The van der Waals surface area contributed by atoms with Crippen LogP contribution in [0.5, 0.6) is 0 Å². The summed E-state index contributed by atoms with van der Waals surface area (Å²) in [7, 11) is -3.41. The number of hydrogen-bond donors (Lipinski definition) is 1. The number of nitrogens with zero attached hydrogens (tertiary/aromatic N) is 1. The number of nitrogens with one attached hydrogen (secondary N) is 1.